The highest BCUT2D eigenvalue weighted by Crippen LogP contribution is 2.01. The molecule has 0 spiro atoms. The quantitative estimate of drug-likeness (QED) is 0.595. The average molecular weight is 273 g/mol. The van der Waals surface area contributed by atoms with Gasteiger partial charge in [0.1, 0.15) is 0 Å². The summed E-state index contributed by atoms with van der Waals surface area (Å²) in [6.45, 7) is 6.63. The zero-order valence-electron chi connectivity index (χ0n) is 11.7. The highest BCUT2D eigenvalue weighted by atomic mass is 16.4. The summed E-state index contributed by atoms with van der Waals surface area (Å²) >= 11 is 0. The number of hydrogen-bond donors (Lipinski definition) is 3. The van der Waals surface area contributed by atoms with Gasteiger partial charge < -0.3 is 10.4 Å². The third kappa shape index (κ3) is 9.01. The molecule has 0 rings (SSSR count). The van der Waals surface area contributed by atoms with Crippen molar-refractivity contribution < 1.29 is 19.5 Å². The van der Waals surface area contributed by atoms with E-state index in [1.165, 1.54) is 0 Å². The van der Waals surface area contributed by atoms with E-state index in [2.05, 4.69) is 10.6 Å². The van der Waals surface area contributed by atoms with Crippen molar-refractivity contribution >= 4 is 17.9 Å². The first kappa shape index (κ1) is 17.4. The van der Waals surface area contributed by atoms with E-state index in [1.807, 2.05) is 18.7 Å². The van der Waals surface area contributed by atoms with Crippen LogP contribution in [-0.2, 0) is 9.59 Å². The number of carbonyl (C=O) groups excluding carboxylic acids is 2. The van der Waals surface area contributed by atoms with Crippen molar-refractivity contribution in [1.29, 1.82) is 0 Å². The maximum absolute atomic E-state index is 11.6. The fourth-order valence-electron chi connectivity index (χ4n) is 1.51. The molecule has 19 heavy (non-hydrogen) atoms. The summed E-state index contributed by atoms with van der Waals surface area (Å²) in [6, 6.07) is -0.407. The Labute approximate surface area is 113 Å². The molecule has 0 aliphatic rings. The zero-order chi connectivity index (χ0) is 14.8. The van der Waals surface area contributed by atoms with Crippen molar-refractivity contribution in [1.82, 2.24) is 15.5 Å². The Morgan fingerprint density at radius 2 is 1.89 bits per heavy atom. The highest BCUT2D eigenvalue weighted by Gasteiger charge is 2.15. The second kappa shape index (κ2) is 9.32. The molecule has 0 aliphatic carbocycles. The fraction of sp³-hybridized carbons (Fsp3) is 0.750. The number of amides is 3. The average Bonchev–Trinajstić information content (AvgIpc) is 2.27. The fourth-order valence-corrected chi connectivity index (χ4v) is 1.51. The van der Waals surface area contributed by atoms with Gasteiger partial charge in [-0.1, -0.05) is 0 Å². The van der Waals surface area contributed by atoms with Crippen molar-refractivity contribution in [3.8, 4) is 0 Å². The largest absolute Gasteiger partial charge is 0.481 e. The molecule has 3 amide bonds. The minimum atomic E-state index is -0.851. The monoisotopic (exact) mass is 273 g/mol. The van der Waals surface area contributed by atoms with Crippen LogP contribution in [0.1, 0.15) is 33.6 Å². The summed E-state index contributed by atoms with van der Waals surface area (Å²) < 4.78 is 0. The lowest BCUT2D eigenvalue weighted by atomic mass is 10.2. The van der Waals surface area contributed by atoms with E-state index in [1.54, 1.807) is 6.92 Å². The number of nitrogens with one attached hydrogen (secondary N) is 2. The van der Waals surface area contributed by atoms with Gasteiger partial charge in [0.15, 0.2) is 0 Å². The minimum Gasteiger partial charge on any atom is -0.481 e. The van der Waals surface area contributed by atoms with Gasteiger partial charge in [-0.2, -0.15) is 0 Å². The first-order chi connectivity index (χ1) is 8.86. The summed E-state index contributed by atoms with van der Waals surface area (Å²) in [5.41, 5.74) is 0. The van der Waals surface area contributed by atoms with E-state index in [4.69, 9.17) is 5.11 Å². The molecule has 0 fully saturated rings. The van der Waals surface area contributed by atoms with E-state index in [9.17, 15) is 14.4 Å². The van der Waals surface area contributed by atoms with Crippen LogP contribution in [0.15, 0.2) is 0 Å². The lowest BCUT2D eigenvalue weighted by Crippen LogP contribution is -2.46. The van der Waals surface area contributed by atoms with Crippen molar-refractivity contribution in [2.24, 2.45) is 0 Å². The first-order valence-electron chi connectivity index (χ1n) is 6.40. The van der Waals surface area contributed by atoms with E-state index >= 15 is 0 Å². The molecule has 110 valence electrons. The molecule has 0 aromatic heterocycles. The highest BCUT2D eigenvalue weighted by molar-refractivity contribution is 5.95. The molecule has 0 saturated heterocycles. The normalized spacial score (nSPS) is 10.6. The molecule has 0 bridgehead atoms. The van der Waals surface area contributed by atoms with Gasteiger partial charge in [0, 0.05) is 19.0 Å². The molecule has 0 aliphatic heterocycles. The standard InChI is InChI=1S/C12H23N3O4/c1-4-13-12(19)14-10(16)8-15(9(2)3)7-5-6-11(17)18/h9H,4-8H2,1-3H3,(H,17,18)(H2,13,14,16,19). The number of urea groups is 1. The predicted molar refractivity (Wildman–Crippen MR) is 70.8 cm³/mol. The van der Waals surface area contributed by atoms with Gasteiger partial charge in [-0.3, -0.25) is 19.8 Å². The molecule has 0 aromatic rings. The van der Waals surface area contributed by atoms with Crippen LogP contribution in [-0.4, -0.2) is 53.6 Å². The van der Waals surface area contributed by atoms with E-state index in [0.717, 1.165) is 0 Å². The van der Waals surface area contributed by atoms with Crippen molar-refractivity contribution in [2.45, 2.75) is 39.7 Å². The van der Waals surface area contributed by atoms with Crippen LogP contribution in [0.2, 0.25) is 0 Å². The Bertz CT molecular complexity index is 318. The summed E-state index contributed by atoms with van der Waals surface area (Å²) in [7, 11) is 0. The Balaban J connectivity index is 4.15. The van der Waals surface area contributed by atoms with E-state index in [0.29, 0.717) is 19.5 Å². The Kier molecular flexibility index (Phi) is 8.52. The molecule has 0 radical (unpaired) electrons. The molecule has 7 nitrogen and oxygen atoms in total. The summed E-state index contributed by atoms with van der Waals surface area (Å²) in [6.07, 6.45) is 0.545. The van der Waals surface area contributed by atoms with Crippen LogP contribution in [0.4, 0.5) is 4.79 Å². The first-order valence-corrected chi connectivity index (χ1v) is 6.40. The molecule has 0 saturated carbocycles. The molecule has 0 heterocycles. The maximum Gasteiger partial charge on any atom is 0.321 e. The smallest absolute Gasteiger partial charge is 0.321 e. The molecule has 0 aromatic carbocycles. The zero-order valence-corrected chi connectivity index (χ0v) is 11.7. The molecule has 0 unspecified atom stereocenters. The van der Waals surface area contributed by atoms with Crippen molar-refractivity contribution in [2.75, 3.05) is 19.6 Å². The van der Waals surface area contributed by atoms with Crippen LogP contribution >= 0.6 is 0 Å². The van der Waals surface area contributed by atoms with Crippen molar-refractivity contribution in [3.05, 3.63) is 0 Å². The van der Waals surface area contributed by atoms with Gasteiger partial charge >= 0.3 is 12.0 Å². The van der Waals surface area contributed by atoms with E-state index < -0.39 is 17.9 Å². The van der Waals surface area contributed by atoms with Crippen molar-refractivity contribution in [3.63, 3.8) is 0 Å². The maximum atomic E-state index is 11.6. The summed E-state index contributed by atoms with van der Waals surface area (Å²) in [5.74, 6) is -1.24. The van der Waals surface area contributed by atoms with Gasteiger partial charge in [-0.05, 0) is 33.7 Å². The molecular weight excluding hydrogens is 250 g/mol. The number of nitrogens with zero attached hydrogens (tertiary/aromatic N) is 1. The Morgan fingerprint density at radius 3 is 2.37 bits per heavy atom. The number of carboxylic acids is 1. The van der Waals surface area contributed by atoms with Gasteiger partial charge in [-0.25, -0.2) is 4.79 Å². The third-order valence-electron chi connectivity index (χ3n) is 2.50. The number of hydrogen-bond acceptors (Lipinski definition) is 4. The molecule has 7 heteroatoms. The number of carbonyl (C=O) groups is 3. The second-order valence-corrected chi connectivity index (χ2v) is 4.47. The van der Waals surface area contributed by atoms with Crippen LogP contribution in [0, 0.1) is 0 Å². The third-order valence-corrected chi connectivity index (χ3v) is 2.50. The van der Waals surface area contributed by atoms with Gasteiger partial charge in [0.05, 0.1) is 6.54 Å². The Morgan fingerprint density at radius 1 is 1.26 bits per heavy atom. The Hall–Kier alpha value is -1.63. The van der Waals surface area contributed by atoms with Gasteiger partial charge in [0.25, 0.3) is 0 Å². The number of rotatable bonds is 8. The number of carboxylic acid groups (broad SMARTS) is 1. The predicted octanol–water partition coefficient (Wildman–Crippen LogP) is 0.407. The minimum absolute atomic E-state index is 0.0706. The van der Waals surface area contributed by atoms with Gasteiger partial charge in [0.2, 0.25) is 5.91 Å². The molecule has 0 atom stereocenters. The molecule has 3 N–H and O–H groups in total. The molecular formula is C12H23N3O4. The lowest BCUT2D eigenvalue weighted by Gasteiger charge is -2.25. The SMILES string of the molecule is CCNC(=O)NC(=O)CN(CCCC(=O)O)C(C)C. The number of imide groups is 1. The van der Waals surface area contributed by atoms with Crippen LogP contribution in [0.5, 0.6) is 0 Å². The van der Waals surface area contributed by atoms with Crippen LogP contribution in [0.25, 0.3) is 0 Å². The van der Waals surface area contributed by atoms with Crippen LogP contribution < -0.4 is 10.6 Å². The topological polar surface area (TPSA) is 98.7 Å². The number of aliphatic carboxylic acids is 1. The lowest BCUT2D eigenvalue weighted by molar-refractivity contribution is -0.137. The summed E-state index contributed by atoms with van der Waals surface area (Å²) in [5, 5.41) is 13.3. The second-order valence-electron chi connectivity index (χ2n) is 4.47. The summed E-state index contributed by atoms with van der Waals surface area (Å²) in [4.78, 5) is 35.0. The van der Waals surface area contributed by atoms with E-state index in [-0.39, 0.29) is 19.0 Å². The van der Waals surface area contributed by atoms with Crippen LogP contribution in [0.3, 0.4) is 0 Å². The van der Waals surface area contributed by atoms with Gasteiger partial charge in [-0.15, -0.1) is 0 Å².